The Labute approximate surface area is 195 Å². The lowest BCUT2D eigenvalue weighted by Crippen LogP contribution is -2.47. The number of nitrogens with zero attached hydrogens (tertiary/aromatic N) is 2. The molecule has 0 fully saturated rings. The van der Waals surface area contributed by atoms with Gasteiger partial charge in [-0.15, -0.1) is 0 Å². The van der Waals surface area contributed by atoms with Crippen molar-refractivity contribution in [1.82, 2.24) is 0 Å². The van der Waals surface area contributed by atoms with Crippen molar-refractivity contribution >= 4 is 23.2 Å². The molecule has 2 amide bonds. The second kappa shape index (κ2) is 9.49. The quantitative estimate of drug-likeness (QED) is 0.518. The van der Waals surface area contributed by atoms with Crippen LogP contribution in [0.1, 0.15) is 47.7 Å². The summed E-state index contributed by atoms with van der Waals surface area (Å²) in [6, 6.07) is 22.8. The van der Waals surface area contributed by atoms with Crippen molar-refractivity contribution in [3.8, 4) is 5.75 Å². The lowest BCUT2D eigenvalue weighted by Gasteiger charge is -2.40. The Hall–Kier alpha value is -3.60. The minimum absolute atomic E-state index is 0.0719. The van der Waals surface area contributed by atoms with E-state index in [0.717, 1.165) is 22.5 Å². The molecule has 2 atom stereocenters. The van der Waals surface area contributed by atoms with Crippen molar-refractivity contribution in [3.63, 3.8) is 0 Å². The topological polar surface area (TPSA) is 49.9 Å². The molecule has 0 bridgehead atoms. The highest BCUT2D eigenvalue weighted by atomic mass is 16.5. The molecule has 0 aliphatic carbocycles. The maximum absolute atomic E-state index is 13.8. The molecule has 170 valence electrons. The molecule has 0 radical (unpaired) electrons. The Balaban J connectivity index is 1.70. The molecule has 4 rings (SSSR count). The van der Waals surface area contributed by atoms with E-state index in [0.29, 0.717) is 24.3 Å². The molecule has 1 heterocycles. The number of ether oxygens (including phenoxy) is 1. The minimum Gasteiger partial charge on any atom is -0.497 e. The largest absolute Gasteiger partial charge is 0.497 e. The second-order valence-corrected chi connectivity index (χ2v) is 8.47. The zero-order chi connectivity index (χ0) is 23.5. The van der Waals surface area contributed by atoms with Gasteiger partial charge in [0.25, 0.3) is 5.91 Å². The van der Waals surface area contributed by atoms with E-state index in [9.17, 15) is 9.59 Å². The van der Waals surface area contributed by atoms with Crippen LogP contribution in [0.25, 0.3) is 0 Å². The number of carbonyl (C=O) groups excluding carboxylic acids is 2. The molecule has 0 saturated carbocycles. The average Bonchev–Trinajstić information content (AvgIpc) is 2.84. The Kier molecular flexibility index (Phi) is 6.50. The summed E-state index contributed by atoms with van der Waals surface area (Å²) in [4.78, 5) is 31.0. The number of hydrogen-bond donors (Lipinski definition) is 0. The van der Waals surface area contributed by atoms with Crippen molar-refractivity contribution in [2.75, 3.05) is 23.5 Å². The van der Waals surface area contributed by atoms with Gasteiger partial charge in [-0.1, -0.05) is 36.4 Å². The number of para-hydroxylation sites is 2. The van der Waals surface area contributed by atoms with Crippen LogP contribution in [0.2, 0.25) is 0 Å². The predicted molar refractivity (Wildman–Crippen MR) is 132 cm³/mol. The molecule has 0 N–H and O–H groups in total. The number of hydrogen-bond acceptors (Lipinski definition) is 3. The van der Waals surface area contributed by atoms with E-state index in [1.807, 2.05) is 79.1 Å². The van der Waals surface area contributed by atoms with E-state index in [4.69, 9.17) is 4.74 Å². The van der Waals surface area contributed by atoms with Gasteiger partial charge in [-0.3, -0.25) is 9.59 Å². The lowest BCUT2D eigenvalue weighted by atomic mass is 9.84. The Morgan fingerprint density at radius 3 is 2.33 bits per heavy atom. The standard InChI is InChI=1S/C28H30N2O3/c1-5-29(25-12-8-6-10-19(25)2)28(32)24-18-20(3)30(26-13-9-7-11-23(24)26)27(31)21-14-16-22(33-4)17-15-21/h6-17,20,24H,5,18H2,1-4H3/t20-,24?/m0/s1. The summed E-state index contributed by atoms with van der Waals surface area (Å²) in [5.74, 6) is 0.397. The van der Waals surface area contributed by atoms with Gasteiger partial charge in [-0.05, 0) is 74.7 Å². The first-order chi connectivity index (χ1) is 16.0. The van der Waals surface area contributed by atoms with Crippen molar-refractivity contribution in [1.29, 1.82) is 0 Å². The van der Waals surface area contributed by atoms with Crippen molar-refractivity contribution in [3.05, 3.63) is 89.5 Å². The molecule has 33 heavy (non-hydrogen) atoms. The van der Waals surface area contributed by atoms with Gasteiger partial charge in [0.05, 0.1) is 13.0 Å². The summed E-state index contributed by atoms with van der Waals surface area (Å²) in [5.41, 5.74) is 4.30. The van der Waals surface area contributed by atoms with Gasteiger partial charge in [0.15, 0.2) is 0 Å². The third kappa shape index (κ3) is 4.23. The second-order valence-electron chi connectivity index (χ2n) is 8.47. The number of carbonyl (C=O) groups is 2. The molecule has 1 unspecified atom stereocenters. The summed E-state index contributed by atoms with van der Waals surface area (Å²) in [6.45, 7) is 6.63. The molecule has 1 aliphatic heterocycles. The number of aryl methyl sites for hydroxylation is 1. The van der Waals surface area contributed by atoms with Crippen LogP contribution in [0.3, 0.4) is 0 Å². The maximum atomic E-state index is 13.8. The fourth-order valence-corrected chi connectivity index (χ4v) is 4.73. The third-order valence-corrected chi connectivity index (χ3v) is 6.43. The number of likely N-dealkylation sites (N-methyl/N-ethyl adjacent to an activating group) is 1. The van der Waals surface area contributed by atoms with Gasteiger partial charge in [-0.2, -0.15) is 0 Å². The third-order valence-electron chi connectivity index (χ3n) is 6.43. The van der Waals surface area contributed by atoms with Crippen LogP contribution in [-0.2, 0) is 4.79 Å². The predicted octanol–water partition coefficient (Wildman–Crippen LogP) is 5.58. The summed E-state index contributed by atoms with van der Waals surface area (Å²) in [5, 5.41) is 0. The van der Waals surface area contributed by atoms with Gasteiger partial charge >= 0.3 is 0 Å². The Bertz CT molecular complexity index is 1160. The molecule has 3 aromatic rings. The Morgan fingerprint density at radius 1 is 1.00 bits per heavy atom. The van der Waals surface area contributed by atoms with Crippen LogP contribution >= 0.6 is 0 Å². The normalized spacial score (nSPS) is 17.3. The van der Waals surface area contributed by atoms with Crippen LogP contribution in [-0.4, -0.2) is 31.5 Å². The van der Waals surface area contributed by atoms with Crippen molar-refractivity contribution < 1.29 is 14.3 Å². The molecule has 5 heteroatoms. The highest BCUT2D eigenvalue weighted by Gasteiger charge is 2.39. The molecule has 1 aliphatic rings. The summed E-state index contributed by atoms with van der Waals surface area (Å²) in [6.07, 6.45) is 0.570. The van der Waals surface area contributed by atoms with Crippen LogP contribution in [0.15, 0.2) is 72.8 Å². The first kappa shape index (κ1) is 22.6. The number of anilines is 2. The smallest absolute Gasteiger partial charge is 0.258 e. The van der Waals surface area contributed by atoms with Gasteiger partial charge in [0.1, 0.15) is 5.75 Å². The monoisotopic (exact) mass is 442 g/mol. The number of benzene rings is 3. The highest BCUT2D eigenvalue weighted by Crippen LogP contribution is 2.41. The van der Waals surface area contributed by atoms with Crippen LogP contribution in [0, 0.1) is 6.92 Å². The van der Waals surface area contributed by atoms with Crippen LogP contribution in [0.5, 0.6) is 5.75 Å². The van der Waals surface area contributed by atoms with Crippen LogP contribution < -0.4 is 14.5 Å². The SMILES string of the molecule is CCN(C(=O)C1C[C@H](C)N(C(=O)c2ccc(OC)cc2)c2ccccc21)c1ccccc1C. The number of rotatable bonds is 5. The fourth-order valence-electron chi connectivity index (χ4n) is 4.73. The van der Waals surface area contributed by atoms with E-state index in [1.54, 1.807) is 31.4 Å². The highest BCUT2D eigenvalue weighted by molar-refractivity contribution is 6.09. The molecular formula is C28H30N2O3. The summed E-state index contributed by atoms with van der Waals surface area (Å²) in [7, 11) is 1.60. The molecule has 0 spiro atoms. The maximum Gasteiger partial charge on any atom is 0.258 e. The minimum atomic E-state index is -0.310. The van der Waals surface area contributed by atoms with E-state index >= 15 is 0 Å². The fraction of sp³-hybridized carbons (Fsp3) is 0.286. The van der Waals surface area contributed by atoms with Crippen molar-refractivity contribution in [2.45, 2.75) is 39.2 Å². The van der Waals surface area contributed by atoms with E-state index < -0.39 is 0 Å². The molecule has 0 aromatic heterocycles. The zero-order valence-electron chi connectivity index (χ0n) is 19.6. The average molecular weight is 443 g/mol. The van der Waals surface area contributed by atoms with Crippen LogP contribution in [0.4, 0.5) is 11.4 Å². The van der Waals surface area contributed by atoms with Crippen molar-refractivity contribution in [2.24, 2.45) is 0 Å². The first-order valence-corrected chi connectivity index (χ1v) is 11.4. The molecular weight excluding hydrogens is 412 g/mol. The van der Waals surface area contributed by atoms with Gasteiger partial charge in [0, 0.05) is 29.5 Å². The zero-order valence-corrected chi connectivity index (χ0v) is 19.6. The molecule has 3 aromatic carbocycles. The van der Waals surface area contributed by atoms with E-state index in [2.05, 4.69) is 0 Å². The Morgan fingerprint density at radius 2 is 1.67 bits per heavy atom. The van der Waals surface area contributed by atoms with Gasteiger partial charge < -0.3 is 14.5 Å². The molecule has 0 saturated heterocycles. The lowest BCUT2D eigenvalue weighted by molar-refractivity contribution is -0.120. The van der Waals surface area contributed by atoms with Gasteiger partial charge in [-0.25, -0.2) is 0 Å². The number of amides is 2. The van der Waals surface area contributed by atoms with Gasteiger partial charge in [0.2, 0.25) is 5.91 Å². The van der Waals surface area contributed by atoms with E-state index in [-0.39, 0.29) is 23.8 Å². The number of methoxy groups -OCH3 is 1. The number of fused-ring (bicyclic) bond motifs is 1. The molecule has 5 nitrogen and oxygen atoms in total. The first-order valence-electron chi connectivity index (χ1n) is 11.4. The van der Waals surface area contributed by atoms with E-state index in [1.165, 1.54) is 0 Å². The summed E-state index contributed by atoms with van der Waals surface area (Å²) < 4.78 is 5.22. The summed E-state index contributed by atoms with van der Waals surface area (Å²) >= 11 is 0.